The van der Waals surface area contributed by atoms with Crippen molar-refractivity contribution >= 4 is 5.91 Å². The van der Waals surface area contributed by atoms with E-state index in [1.165, 1.54) is 0 Å². The third-order valence-electron chi connectivity index (χ3n) is 4.09. The fourth-order valence-electron chi connectivity index (χ4n) is 2.44. The molecule has 19 heavy (non-hydrogen) atoms. The van der Waals surface area contributed by atoms with Gasteiger partial charge < -0.3 is 14.5 Å². The average molecular weight is 271 g/mol. The molecule has 0 aromatic rings. The van der Waals surface area contributed by atoms with Crippen LogP contribution < -0.4 is 5.32 Å². The lowest BCUT2D eigenvalue weighted by Crippen LogP contribution is -2.44. The highest BCUT2D eigenvalue weighted by Gasteiger charge is 2.45. The summed E-state index contributed by atoms with van der Waals surface area (Å²) in [6.07, 6.45) is 1.95. The highest BCUT2D eigenvalue weighted by atomic mass is 16.5. The summed E-state index contributed by atoms with van der Waals surface area (Å²) < 4.78 is 5.06. The first-order valence-electron chi connectivity index (χ1n) is 7.24. The van der Waals surface area contributed by atoms with E-state index in [-0.39, 0.29) is 17.6 Å². The number of rotatable bonds is 8. The Balaban J connectivity index is 2.53. The zero-order valence-electron chi connectivity index (χ0n) is 13.0. The third-order valence-corrected chi connectivity index (χ3v) is 4.09. The Hall–Kier alpha value is -0.650. The van der Waals surface area contributed by atoms with Gasteiger partial charge in [0.25, 0.3) is 0 Å². The molecule has 0 aromatic heterocycles. The summed E-state index contributed by atoms with van der Waals surface area (Å²) in [5.41, 5.74) is -0.383. The standard InChI is InChI=1S/C14H29N3O2/c1-6-12-15-14(3,7-2)13(18)17(12)9-8-16(4)10-11-19-5/h12,15H,6-11H2,1-5H3. The largest absolute Gasteiger partial charge is 0.383 e. The SMILES string of the molecule is CCC1NC(C)(CC)C(=O)N1CCN(C)CCOC. The highest BCUT2D eigenvalue weighted by Crippen LogP contribution is 2.24. The number of likely N-dealkylation sites (N-methyl/N-ethyl adjacent to an activating group) is 1. The molecule has 0 aliphatic carbocycles. The molecule has 0 spiro atoms. The smallest absolute Gasteiger partial charge is 0.243 e. The van der Waals surface area contributed by atoms with Crippen LogP contribution in [-0.4, -0.2) is 67.8 Å². The molecular weight excluding hydrogens is 242 g/mol. The lowest BCUT2D eigenvalue weighted by atomic mass is 9.99. The normalized spacial score (nSPS) is 27.6. The van der Waals surface area contributed by atoms with Gasteiger partial charge in [0.1, 0.15) is 0 Å². The van der Waals surface area contributed by atoms with Gasteiger partial charge in [0.15, 0.2) is 0 Å². The minimum atomic E-state index is -0.383. The summed E-state index contributed by atoms with van der Waals surface area (Å²) in [6, 6.07) is 0. The second-order valence-electron chi connectivity index (χ2n) is 5.55. The van der Waals surface area contributed by atoms with Crippen LogP contribution in [0.15, 0.2) is 0 Å². The number of nitrogens with zero attached hydrogens (tertiary/aromatic N) is 2. The maximum absolute atomic E-state index is 12.5. The summed E-state index contributed by atoms with van der Waals surface area (Å²) in [6.45, 7) is 9.47. The van der Waals surface area contributed by atoms with E-state index in [2.05, 4.69) is 31.1 Å². The molecule has 1 rings (SSSR count). The van der Waals surface area contributed by atoms with Crippen LogP contribution in [0.1, 0.15) is 33.6 Å². The number of ether oxygens (including phenoxy) is 1. The Labute approximate surface area is 117 Å². The summed E-state index contributed by atoms with van der Waals surface area (Å²) in [5.74, 6) is 0.238. The molecular formula is C14H29N3O2. The molecule has 5 nitrogen and oxygen atoms in total. The topological polar surface area (TPSA) is 44.8 Å². The zero-order valence-corrected chi connectivity index (χ0v) is 13.0. The Bertz CT molecular complexity index is 298. The fraction of sp³-hybridized carbons (Fsp3) is 0.929. The number of methoxy groups -OCH3 is 1. The first kappa shape index (κ1) is 16.4. The molecule has 112 valence electrons. The van der Waals surface area contributed by atoms with E-state index in [4.69, 9.17) is 4.74 Å². The zero-order chi connectivity index (χ0) is 14.5. The highest BCUT2D eigenvalue weighted by molar-refractivity contribution is 5.88. The number of amides is 1. The lowest BCUT2D eigenvalue weighted by molar-refractivity contribution is -0.133. The number of hydrogen-bond acceptors (Lipinski definition) is 4. The molecule has 0 saturated carbocycles. The Kier molecular flexibility index (Phi) is 6.23. The van der Waals surface area contributed by atoms with E-state index in [1.807, 2.05) is 11.8 Å². The van der Waals surface area contributed by atoms with Crippen molar-refractivity contribution in [1.82, 2.24) is 15.1 Å². The second-order valence-corrected chi connectivity index (χ2v) is 5.55. The van der Waals surface area contributed by atoms with E-state index < -0.39 is 0 Å². The van der Waals surface area contributed by atoms with Crippen LogP contribution in [0.4, 0.5) is 0 Å². The molecule has 1 amide bonds. The molecule has 5 heteroatoms. The average Bonchev–Trinajstić information content (AvgIpc) is 2.67. The van der Waals surface area contributed by atoms with E-state index >= 15 is 0 Å². The van der Waals surface area contributed by atoms with Crippen molar-refractivity contribution in [3.63, 3.8) is 0 Å². The van der Waals surface area contributed by atoms with E-state index in [0.717, 1.165) is 39.1 Å². The molecule has 2 unspecified atom stereocenters. The molecule has 1 heterocycles. The van der Waals surface area contributed by atoms with Gasteiger partial charge in [-0.2, -0.15) is 0 Å². The summed E-state index contributed by atoms with van der Waals surface area (Å²) >= 11 is 0. The van der Waals surface area contributed by atoms with Crippen LogP contribution in [0, 0.1) is 0 Å². The van der Waals surface area contributed by atoms with E-state index in [1.54, 1.807) is 7.11 Å². The van der Waals surface area contributed by atoms with Crippen molar-refractivity contribution in [2.24, 2.45) is 0 Å². The van der Waals surface area contributed by atoms with Crippen molar-refractivity contribution in [1.29, 1.82) is 0 Å². The molecule has 1 N–H and O–H groups in total. The van der Waals surface area contributed by atoms with Crippen molar-refractivity contribution in [2.45, 2.75) is 45.3 Å². The first-order valence-corrected chi connectivity index (χ1v) is 7.24. The van der Waals surface area contributed by atoms with Crippen molar-refractivity contribution in [2.75, 3.05) is 40.4 Å². The Morgan fingerprint density at radius 3 is 2.63 bits per heavy atom. The van der Waals surface area contributed by atoms with Gasteiger partial charge in [-0.1, -0.05) is 13.8 Å². The van der Waals surface area contributed by atoms with Crippen LogP contribution in [0.3, 0.4) is 0 Å². The molecule has 1 aliphatic rings. The number of hydrogen-bond donors (Lipinski definition) is 1. The van der Waals surface area contributed by atoms with Crippen LogP contribution in [-0.2, 0) is 9.53 Å². The second kappa shape index (κ2) is 7.22. The molecule has 0 radical (unpaired) electrons. The summed E-state index contributed by atoms with van der Waals surface area (Å²) in [7, 11) is 3.77. The van der Waals surface area contributed by atoms with Crippen LogP contribution in [0.5, 0.6) is 0 Å². The summed E-state index contributed by atoms with van der Waals surface area (Å²) in [5, 5.41) is 3.47. The van der Waals surface area contributed by atoms with Gasteiger partial charge in [0, 0.05) is 26.7 Å². The number of carbonyl (C=O) groups excluding carboxylic acids is 1. The van der Waals surface area contributed by atoms with Gasteiger partial charge in [-0.15, -0.1) is 0 Å². The lowest BCUT2D eigenvalue weighted by Gasteiger charge is -2.26. The molecule has 2 atom stereocenters. The molecule has 0 bridgehead atoms. The van der Waals surface area contributed by atoms with E-state index in [9.17, 15) is 4.79 Å². The predicted molar refractivity (Wildman–Crippen MR) is 77.0 cm³/mol. The fourth-order valence-corrected chi connectivity index (χ4v) is 2.44. The van der Waals surface area contributed by atoms with Gasteiger partial charge in [-0.25, -0.2) is 0 Å². The maximum Gasteiger partial charge on any atom is 0.243 e. The van der Waals surface area contributed by atoms with Crippen molar-refractivity contribution < 1.29 is 9.53 Å². The first-order chi connectivity index (χ1) is 8.98. The van der Waals surface area contributed by atoms with Crippen molar-refractivity contribution in [3.8, 4) is 0 Å². The molecule has 1 saturated heterocycles. The Morgan fingerprint density at radius 2 is 2.11 bits per heavy atom. The van der Waals surface area contributed by atoms with Crippen molar-refractivity contribution in [3.05, 3.63) is 0 Å². The Morgan fingerprint density at radius 1 is 1.42 bits per heavy atom. The van der Waals surface area contributed by atoms with E-state index in [0.29, 0.717) is 0 Å². The minimum absolute atomic E-state index is 0.174. The quantitative estimate of drug-likeness (QED) is 0.712. The van der Waals surface area contributed by atoms with Crippen LogP contribution >= 0.6 is 0 Å². The maximum atomic E-state index is 12.5. The van der Waals surface area contributed by atoms with Crippen LogP contribution in [0.25, 0.3) is 0 Å². The van der Waals surface area contributed by atoms with Gasteiger partial charge in [0.05, 0.1) is 18.3 Å². The molecule has 0 aromatic carbocycles. The third kappa shape index (κ3) is 3.91. The molecule has 1 aliphatic heterocycles. The molecule has 1 fully saturated rings. The number of carbonyl (C=O) groups is 1. The monoisotopic (exact) mass is 271 g/mol. The summed E-state index contributed by atoms with van der Waals surface area (Å²) in [4.78, 5) is 16.7. The van der Waals surface area contributed by atoms with Gasteiger partial charge in [-0.3, -0.25) is 10.1 Å². The minimum Gasteiger partial charge on any atom is -0.383 e. The number of nitrogens with one attached hydrogen (secondary N) is 1. The van der Waals surface area contributed by atoms with Crippen LogP contribution in [0.2, 0.25) is 0 Å². The van der Waals surface area contributed by atoms with Gasteiger partial charge in [-0.05, 0) is 26.8 Å². The predicted octanol–water partition coefficient (Wildman–Crippen LogP) is 0.901. The van der Waals surface area contributed by atoms with Gasteiger partial charge >= 0.3 is 0 Å². The van der Waals surface area contributed by atoms with Gasteiger partial charge in [0.2, 0.25) is 5.91 Å².